The Bertz CT molecular complexity index is 1130. The first-order valence-corrected chi connectivity index (χ1v) is 11.1. The summed E-state index contributed by atoms with van der Waals surface area (Å²) in [6.45, 7) is 2.51. The molecule has 178 valence electrons. The maximum absolute atomic E-state index is 12.8. The number of fused-ring (bicyclic) bond motifs is 1. The van der Waals surface area contributed by atoms with E-state index in [1.807, 2.05) is 36.4 Å². The van der Waals surface area contributed by atoms with E-state index >= 15 is 0 Å². The van der Waals surface area contributed by atoms with Crippen LogP contribution in [0.2, 0.25) is 0 Å². The summed E-state index contributed by atoms with van der Waals surface area (Å²) in [5.74, 6) is 0.252. The number of alkyl halides is 3. The molecule has 0 radical (unpaired) electrons. The molecule has 34 heavy (non-hydrogen) atoms. The molecule has 0 amide bonds. The minimum atomic E-state index is -4.33. The Balaban J connectivity index is 1.35. The van der Waals surface area contributed by atoms with Crippen molar-refractivity contribution in [3.05, 3.63) is 89.0 Å². The molecule has 0 aromatic heterocycles. The van der Waals surface area contributed by atoms with Crippen LogP contribution in [0.3, 0.4) is 0 Å². The standard InChI is InChI=1S/C27H26F3NO3/c1-33-26(32)18-34-25-11-8-22-12-14-31(15-13-23(22)16-25)17-19-2-4-20(5-3-19)21-6-9-24(10-7-21)27(28,29)30/h2-11,16H,12-15,17-18H2,1H3. The second kappa shape index (κ2) is 10.3. The summed E-state index contributed by atoms with van der Waals surface area (Å²) in [6, 6.07) is 19.2. The summed E-state index contributed by atoms with van der Waals surface area (Å²) in [5.41, 5.74) is 4.67. The van der Waals surface area contributed by atoms with Gasteiger partial charge in [-0.15, -0.1) is 0 Å². The summed E-state index contributed by atoms with van der Waals surface area (Å²) in [5, 5.41) is 0. The average Bonchev–Trinajstić information content (AvgIpc) is 3.04. The first-order chi connectivity index (χ1) is 16.3. The number of methoxy groups -OCH3 is 1. The van der Waals surface area contributed by atoms with Crippen LogP contribution in [-0.2, 0) is 35.1 Å². The Morgan fingerprint density at radius 1 is 0.882 bits per heavy atom. The van der Waals surface area contributed by atoms with Gasteiger partial charge < -0.3 is 9.47 Å². The average molecular weight is 470 g/mol. The van der Waals surface area contributed by atoms with Crippen molar-refractivity contribution in [1.29, 1.82) is 0 Å². The third-order valence-corrected chi connectivity index (χ3v) is 6.06. The van der Waals surface area contributed by atoms with Crippen molar-refractivity contribution in [2.75, 3.05) is 26.8 Å². The van der Waals surface area contributed by atoms with Gasteiger partial charge in [-0.3, -0.25) is 4.90 Å². The third kappa shape index (κ3) is 5.97. The van der Waals surface area contributed by atoms with Crippen LogP contribution in [0.4, 0.5) is 13.2 Å². The lowest BCUT2D eigenvalue weighted by Crippen LogP contribution is -2.25. The molecular weight excluding hydrogens is 443 g/mol. The Labute approximate surface area is 196 Å². The zero-order valence-corrected chi connectivity index (χ0v) is 18.9. The molecule has 0 bridgehead atoms. The molecule has 0 atom stereocenters. The number of carbonyl (C=O) groups is 1. The molecule has 3 aromatic rings. The van der Waals surface area contributed by atoms with E-state index in [1.165, 1.54) is 30.4 Å². The predicted molar refractivity (Wildman–Crippen MR) is 124 cm³/mol. The van der Waals surface area contributed by atoms with Gasteiger partial charge in [-0.25, -0.2) is 4.79 Å². The molecule has 1 heterocycles. The van der Waals surface area contributed by atoms with E-state index in [2.05, 4.69) is 15.7 Å². The van der Waals surface area contributed by atoms with Crippen LogP contribution < -0.4 is 4.74 Å². The van der Waals surface area contributed by atoms with Crippen LogP contribution in [0.15, 0.2) is 66.7 Å². The Morgan fingerprint density at radius 3 is 2.12 bits per heavy atom. The topological polar surface area (TPSA) is 38.8 Å². The maximum Gasteiger partial charge on any atom is 0.416 e. The quantitative estimate of drug-likeness (QED) is 0.446. The van der Waals surface area contributed by atoms with Gasteiger partial charge in [0.2, 0.25) is 0 Å². The van der Waals surface area contributed by atoms with Crippen molar-refractivity contribution in [3.63, 3.8) is 0 Å². The lowest BCUT2D eigenvalue weighted by Gasteiger charge is -2.20. The number of benzene rings is 3. The van der Waals surface area contributed by atoms with Crippen LogP contribution in [0.5, 0.6) is 5.75 Å². The highest BCUT2D eigenvalue weighted by Gasteiger charge is 2.30. The fraction of sp³-hybridized carbons (Fsp3) is 0.296. The molecule has 3 aromatic carbocycles. The number of hydrogen-bond acceptors (Lipinski definition) is 4. The van der Waals surface area contributed by atoms with E-state index in [1.54, 1.807) is 0 Å². The molecule has 7 heteroatoms. The van der Waals surface area contributed by atoms with E-state index in [-0.39, 0.29) is 6.61 Å². The van der Waals surface area contributed by atoms with Gasteiger partial charge in [0.15, 0.2) is 6.61 Å². The number of ether oxygens (including phenoxy) is 2. The molecule has 0 spiro atoms. The van der Waals surface area contributed by atoms with Gasteiger partial charge in [0, 0.05) is 19.6 Å². The summed E-state index contributed by atoms with van der Waals surface area (Å²) >= 11 is 0. The third-order valence-electron chi connectivity index (χ3n) is 6.06. The summed E-state index contributed by atoms with van der Waals surface area (Å²) in [6.07, 6.45) is -2.52. The van der Waals surface area contributed by atoms with Crippen LogP contribution in [0, 0.1) is 0 Å². The number of rotatable bonds is 6. The molecule has 1 aliphatic heterocycles. The van der Waals surface area contributed by atoms with Gasteiger partial charge in [0.25, 0.3) is 0 Å². The normalized spacial score (nSPS) is 14.2. The number of nitrogens with zero attached hydrogens (tertiary/aromatic N) is 1. The number of carbonyl (C=O) groups excluding carboxylic acids is 1. The zero-order valence-electron chi connectivity index (χ0n) is 18.9. The molecule has 0 aliphatic carbocycles. The Morgan fingerprint density at radius 2 is 1.50 bits per heavy atom. The van der Waals surface area contributed by atoms with Crippen LogP contribution in [0.25, 0.3) is 11.1 Å². The van der Waals surface area contributed by atoms with Gasteiger partial charge in [0.05, 0.1) is 12.7 Å². The minimum absolute atomic E-state index is 0.107. The van der Waals surface area contributed by atoms with Gasteiger partial charge in [-0.2, -0.15) is 13.2 Å². The van der Waals surface area contributed by atoms with Crippen LogP contribution in [0.1, 0.15) is 22.3 Å². The monoisotopic (exact) mass is 469 g/mol. The lowest BCUT2D eigenvalue weighted by atomic mass is 10.0. The van der Waals surface area contributed by atoms with Crippen LogP contribution >= 0.6 is 0 Å². The SMILES string of the molecule is COC(=O)COc1ccc2c(c1)CCN(Cc1ccc(-c3ccc(C(F)(F)F)cc3)cc1)CC2. The van der Waals surface area contributed by atoms with E-state index in [0.29, 0.717) is 5.75 Å². The highest BCUT2D eigenvalue weighted by molar-refractivity contribution is 5.70. The number of halogens is 3. The van der Waals surface area contributed by atoms with E-state index in [4.69, 9.17) is 4.74 Å². The number of esters is 1. The lowest BCUT2D eigenvalue weighted by molar-refractivity contribution is -0.143. The molecule has 0 saturated heterocycles. The maximum atomic E-state index is 12.8. The molecular formula is C27H26F3NO3. The summed E-state index contributed by atoms with van der Waals surface area (Å²) in [7, 11) is 1.33. The minimum Gasteiger partial charge on any atom is -0.482 e. The predicted octanol–water partition coefficient (Wildman–Crippen LogP) is 5.53. The molecule has 1 aliphatic rings. The van der Waals surface area contributed by atoms with Gasteiger partial charge in [-0.05, 0) is 64.9 Å². The van der Waals surface area contributed by atoms with Gasteiger partial charge >= 0.3 is 12.1 Å². The van der Waals surface area contributed by atoms with Crippen molar-refractivity contribution in [1.82, 2.24) is 4.90 Å². The summed E-state index contributed by atoms with van der Waals surface area (Å²) < 4.78 is 48.5. The molecule has 0 unspecified atom stereocenters. The second-order valence-corrected chi connectivity index (χ2v) is 8.34. The Hall–Kier alpha value is -3.32. The zero-order chi connectivity index (χ0) is 24.1. The molecule has 4 nitrogen and oxygen atoms in total. The van der Waals surface area contributed by atoms with Crippen LogP contribution in [-0.4, -0.2) is 37.7 Å². The highest BCUT2D eigenvalue weighted by Crippen LogP contribution is 2.31. The summed E-state index contributed by atoms with van der Waals surface area (Å²) in [4.78, 5) is 13.7. The first-order valence-electron chi connectivity index (χ1n) is 11.1. The van der Waals surface area contributed by atoms with Crippen molar-refractivity contribution in [3.8, 4) is 16.9 Å². The van der Waals surface area contributed by atoms with Crippen molar-refractivity contribution >= 4 is 5.97 Å². The molecule has 4 rings (SSSR count). The van der Waals surface area contributed by atoms with Crippen molar-refractivity contribution in [2.24, 2.45) is 0 Å². The van der Waals surface area contributed by atoms with Crippen molar-refractivity contribution < 1.29 is 27.4 Å². The first kappa shape index (κ1) is 23.8. The second-order valence-electron chi connectivity index (χ2n) is 8.34. The fourth-order valence-electron chi connectivity index (χ4n) is 4.11. The highest BCUT2D eigenvalue weighted by atomic mass is 19.4. The Kier molecular flexibility index (Phi) is 7.22. The van der Waals surface area contributed by atoms with Gasteiger partial charge in [-0.1, -0.05) is 42.5 Å². The van der Waals surface area contributed by atoms with E-state index in [0.717, 1.165) is 61.3 Å². The molecule has 0 saturated carbocycles. The number of hydrogen-bond donors (Lipinski definition) is 0. The van der Waals surface area contributed by atoms with Crippen molar-refractivity contribution in [2.45, 2.75) is 25.6 Å². The largest absolute Gasteiger partial charge is 0.482 e. The van der Waals surface area contributed by atoms with E-state index in [9.17, 15) is 18.0 Å². The van der Waals surface area contributed by atoms with Gasteiger partial charge in [0.1, 0.15) is 5.75 Å². The van der Waals surface area contributed by atoms with E-state index < -0.39 is 17.7 Å². The molecule has 0 N–H and O–H groups in total. The fourth-order valence-corrected chi connectivity index (χ4v) is 4.11. The smallest absolute Gasteiger partial charge is 0.416 e. The molecule has 0 fully saturated rings.